The van der Waals surface area contributed by atoms with Gasteiger partial charge >= 0.3 is 0 Å². The number of carbonyl (C=O) groups excluding carboxylic acids is 1. The van der Waals surface area contributed by atoms with Crippen LogP contribution in [0.3, 0.4) is 0 Å². The van der Waals surface area contributed by atoms with Gasteiger partial charge in [0, 0.05) is 0 Å². The summed E-state index contributed by atoms with van der Waals surface area (Å²) in [6.07, 6.45) is 0. The largest absolute Gasteiger partial charge is 0.454 e. The number of hydrogen-bond acceptors (Lipinski definition) is 5. The molecule has 1 aliphatic rings. The highest BCUT2D eigenvalue weighted by atomic mass is 35.5. The highest BCUT2D eigenvalue weighted by Gasteiger charge is 2.27. The Balaban J connectivity index is 2.30. The van der Waals surface area contributed by atoms with Crippen molar-refractivity contribution in [3.05, 3.63) is 22.7 Å². The van der Waals surface area contributed by atoms with E-state index in [1.54, 1.807) is 0 Å². The number of fused-ring (bicyclic) bond motifs is 1. The third-order valence-electron chi connectivity index (χ3n) is 2.79. The fraction of sp³-hybridized carbons (Fsp3) is 0.364. The Hall–Kier alpha value is -1.47. The average molecular weight is 306 g/mol. The number of amides is 1. The molecule has 6 nitrogen and oxygen atoms in total. The molecule has 2 rings (SSSR count). The molecule has 0 bridgehead atoms. The van der Waals surface area contributed by atoms with Gasteiger partial charge in [-0.3, -0.25) is 4.79 Å². The summed E-state index contributed by atoms with van der Waals surface area (Å²) in [5, 5.41) is -0.983. The van der Waals surface area contributed by atoms with Crippen LogP contribution in [-0.2, 0) is 20.4 Å². The van der Waals surface area contributed by atoms with E-state index in [9.17, 15) is 13.2 Å². The van der Waals surface area contributed by atoms with Crippen molar-refractivity contribution >= 4 is 27.3 Å². The van der Waals surface area contributed by atoms with Crippen molar-refractivity contribution in [2.75, 3.05) is 6.79 Å². The predicted molar refractivity (Wildman–Crippen MR) is 68.9 cm³/mol. The molecule has 0 saturated carbocycles. The molecule has 8 heteroatoms. The summed E-state index contributed by atoms with van der Waals surface area (Å²) < 4.78 is 34.1. The molecule has 19 heavy (non-hydrogen) atoms. The van der Waals surface area contributed by atoms with E-state index in [4.69, 9.17) is 26.8 Å². The zero-order valence-corrected chi connectivity index (χ0v) is 11.6. The highest BCUT2D eigenvalue weighted by molar-refractivity contribution is 7.92. The van der Waals surface area contributed by atoms with Crippen LogP contribution in [0.2, 0.25) is 5.02 Å². The molecule has 2 N–H and O–H groups in total. The fourth-order valence-corrected chi connectivity index (χ4v) is 3.16. The SMILES string of the molecule is C[C@H](C(N)=O)S(=O)(=O)Cc1cc(Cl)c2c(c1)OCO2. The first kappa shape index (κ1) is 14.0. The second-order valence-corrected chi connectivity index (χ2v) is 6.89. The standard InChI is InChI=1S/C11H12ClNO5S/c1-6(11(13)14)19(15,16)4-7-2-8(12)10-9(3-7)17-5-18-10/h2-3,6H,4-5H2,1H3,(H2,13,14)/t6-/m1/s1. The van der Waals surface area contributed by atoms with Crippen molar-refractivity contribution in [3.8, 4) is 11.5 Å². The minimum atomic E-state index is -3.68. The van der Waals surface area contributed by atoms with Crippen molar-refractivity contribution in [3.63, 3.8) is 0 Å². The molecular weight excluding hydrogens is 294 g/mol. The number of hydrogen-bond donors (Lipinski definition) is 1. The third-order valence-corrected chi connectivity index (χ3v) is 5.12. The van der Waals surface area contributed by atoms with Gasteiger partial charge in [-0.2, -0.15) is 0 Å². The Morgan fingerprint density at radius 3 is 2.79 bits per heavy atom. The third kappa shape index (κ3) is 2.76. The van der Waals surface area contributed by atoms with E-state index in [-0.39, 0.29) is 17.6 Å². The predicted octanol–water partition coefficient (Wildman–Crippen LogP) is 0.857. The van der Waals surface area contributed by atoms with Crippen LogP contribution >= 0.6 is 11.6 Å². The minimum Gasteiger partial charge on any atom is -0.454 e. The smallest absolute Gasteiger partial charge is 0.235 e. The number of halogens is 1. The van der Waals surface area contributed by atoms with Gasteiger partial charge in [-0.15, -0.1) is 0 Å². The van der Waals surface area contributed by atoms with Gasteiger partial charge in [0.1, 0.15) is 5.25 Å². The van der Waals surface area contributed by atoms with E-state index >= 15 is 0 Å². The van der Waals surface area contributed by atoms with Crippen molar-refractivity contribution in [1.82, 2.24) is 0 Å². The lowest BCUT2D eigenvalue weighted by Gasteiger charge is -2.10. The molecule has 1 aromatic rings. The van der Waals surface area contributed by atoms with E-state index < -0.39 is 21.0 Å². The summed E-state index contributed by atoms with van der Waals surface area (Å²) in [5.74, 6) is -0.435. The maximum atomic E-state index is 11.9. The van der Waals surface area contributed by atoms with Crippen LogP contribution in [0.25, 0.3) is 0 Å². The summed E-state index contributed by atoms with van der Waals surface area (Å²) in [5.41, 5.74) is 5.43. The normalized spacial score (nSPS) is 15.3. The van der Waals surface area contributed by atoms with Gasteiger partial charge in [0.25, 0.3) is 0 Å². The van der Waals surface area contributed by atoms with Gasteiger partial charge in [0.2, 0.25) is 12.7 Å². The van der Waals surface area contributed by atoms with Crippen molar-refractivity contribution in [2.45, 2.75) is 17.9 Å². The lowest BCUT2D eigenvalue weighted by Crippen LogP contribution is -2.33. The molecule has 1 amide bonds. The van der Waals surface area contributed by atoms with Gasteiger partial charge in [-0.25, -0.2) is 8.42 Å². The van der Waals surface area contributed by atoms with E-state index in [1.165, 1.54) is 19.1 Å². The number of sulfone groups is 1. The quantitative estimate of drug-likeness (QED) is 0.890. The van der Waals surface area contributed by atoms with Gasteiger partial charge < -0.3 is 15.2 Å². The summed E-state index contributed by atoms with van der Waals surface area (Å²) in [6, 6.07) is 3.00. The van der Waals surface area contributed by atoms with Crippen LogP contribution in [-0.4, -0.2) is 26.4 Å². The van der Waals surface area contributed by atoms with Crippen LogP contribution in [0.15, 0.2) is 12.1 Å². The first-order valence-corrected chi connectivity index (χ1v) is 7.49. The van der Waals surface area contributed by atoms with Crippen LogP contribution in [0, 0.1) is 0 Å². The van der Waals surface area contributed by atoms with E-state index in [0.717, 1.165) is 0 Å². The summed E-state index contributed by atoms with van der Waals surface area (Å²) in [7, 11) is -3.68. The molecule has 0 radical (unpaired) electrons. The molecule has 1 aliphatic heterocycles. The zero-order chi connectivity index (χ0) is 14.2. The second kappa shape index (κ2) is 4.90. The zero-order valence-electron chi connectivity index (χ0n) is 10.1. The maximum Gasteiger partial charge on any atom is 0.235 e. The van der Waals surface area contributed by atoms with Gasteiger partial charge in [0.15, 0.2) is 21.3 Å². The topological polar surface area (TPSA) is 95.7 Å². The molecule has 1 aromatic carbocycles. The van der Waals surface area contributed by atoms with E-state index in [1.807, 2.05) is 0 Å². The average Bonchev–Trinajstić information content (AvgIpc) is 2.75. The first-order valence-electron chi connectivity index (χ1n) is 5.40. The van der Waals surface area contributed by atoms with Crippen molar-refractivity contribution in [1.29, 1.82) is 0 Å². The molecular formula is C11H12ClNO5S. The Labute approximate surface area is 115 Å². The fourth-order valence-electron chi connectivity index (χ4n) is 1.64. The van der Waals surface area contributed by atoms with Crippen LogP contribution < -0.4 is 15.2 Å². The number of nitrogens with two attached hydrogens (primary N) is 1. The molecule has 104 valence electrons. The molecule has 0 saturated heterocycles. The van der Waals surface area contributed by atoms with Gasteiger partial charge in [0.05, 0.1) is 10.8 Å². The molecule has 1 heterocycles. The highest BCUT2D eigenvalue weighted by Crippen LogP contribution is 2.40. The Morgan fingerprint density at radius 1 is 1.47 bits per heavy atom. The minimum absolute atomic E-state index is 0.0446. The molecule has 0 fully saturated rings. The summed E-state index contributed by atoms with van der Waals surface area (Å²) in [4.78, 5) is 11.0. The number of rotatable bonds is 4. The van der Waals surface area contributed by atoms with Gasteiger partial charge in [-0.05, 0) is 24.6 Å². The van der Waals surface area contributed by atoms with Crippen LogP contribution in [0.1, 0.15) is 12.5 Å². The second-order valence-electron chi connectivity index (χ2n) is 4.16. The Kier molecular flexibility index (Phi) is 3.60. The number of ether oxygens (including phenoxy) is 2. The van der Waals surface area contributed by atoms with Gasteiger partial charge in [-0.1, -0.05) is 11.6 Å². The molecule has 1 atom stereocenters. The lowest BCUT2D eigenvalue weighted by molar-refractivity contribution is -0.117. The Bertz CT molecular complexity index is 628. The number of primary amides is 1. The first-order chi connectivity index (χ1) is 8.81. The van der Waals surface area contributed by atoms with Crippen LogP contribution in [0.5, 0.6) is 11.5 Å². The molecule has 0 spiro atoms. The molecule has 0 unspecified atom stereocenters. The number of carbonyl (C=O) groups is 1. The monoisotopic (exact) mass is 305 g/mol. The molecule has 0 aliphatic carbocycles. The van der Waals surface area contributed by atoms with E-state index in [2.05, 4.69) is 0 Å². The maximum absolute atomic E-state index is 11.9. The number of benzene rings is 1. The molecule has 0 aromatic heterocycles. The van der Waals surface area contributed by atoms with E-state index in [0.29, 0.717) is 17.1 Å². The Morgan fingerprint density at radius 2 is 2.16 bits per heavy atom. The van der Waals surface area contributed by atoms with Crippen LogP contribution in [0.4, 0.5) is 0 Å². The summed E-state index contributed by atoms with van der Waals surface area (Å²) >= 11 is 5.95. The van der Waals surface area contributed by atoms with Crippen molar-refractivity contribution in [2.24, 2.45) is 5.73 Å². The van der Waals surface area contributed by atoms with Crippen molar-refractivity contribution < 1.29 is 22.7 Å². The lowest BCUT2D eigenvalue weighted by atomic mass is 10.2. The summed E-state index contributed by atoms with van der Waals surface area (Å²) in [6.45, 7) is 1.30.